The minimum Gasteiger partial charge on any atom is -0.493 e. The van der Waals surface area contributed by atoms with Crippen molar-refractivity contribution in [2.75, 3.05) is 13.2 Å². The third-order valence-electron chi connectivity index (χ3n) is 4.09. The highest BCUT2D eigenvalue weighted by molar-refractivity contribution is 6.32. The Labute approximate surface area is 128 Å². The predicted octanol–water partition coefficient (Wildman–Crippen LogP) is 4.83. The third kappa shape index (κ3) is 3.89. The summed E-state index contributed by atoms with van der Waals surface area (Å²) in [6.07, 6.45) is 2.02. The first-order valence-electron chi connectivity index (χ1n) is 7.56. The van der Waals surface area contributed by atoms with Crippen LogP contribution in [-0.2, 0) is 0 Å². The summed E-state index contributed by atoms with van der Waals surface area (Å²) in [6.45, 7) is 12.2. The van der Waals surface area contributed by atoms with Crippen molar-refractivity contribution in [3.63, 3.8) is 0 Å². The monoisotopic (exact) mass is 297 g/mol. The Hall–Kier alpha value is -0.730. The van der Waals surface area contributed by atoms with Gasteiger partial charge >= 0.3 is 0 Å². The van der Waals surface area contributed by atoms with Gasteiger partial charge in [0.25, 0.3) is 0 Å². The van der Waals surface area contributed by atoms with Gasteiger partial charge in [-0.3, -0.25) is 0 Å². The molecule has 2 N–H and O–H groups in total. The van der Waals surface area contributed by atoms with Crippen LogP contribution in [0.2, 0.25) is 5.02 Å². The Bertz CT molecular complexity index is 445. The molecule has 1 aromatic carbocycles. The van der Waals surface area contributed by atoms with Crippen LogP contribution in [0.4, 0.5) is 0 Å². The van der Waals surface area contributed by atoms with Gasteiger partial charge in [0.05, 0.1) is 6.61 Å². The molecule has 3 heteroatoms. The van der Waals surface area contributed by atoms with Gasteiger partial charge in [0, 0.05) is 10.6 Å². The van der Waals surface area contributed by atoms with Crippen molar-refractivity contribution in [2.24, 2.45) is 11.7 Å². The van der Waals surface area contributed by atoms with Crippen molar-refractivity contribution in [3.8, 4) is 5.75 Å². The van der Waals surface area contributed by atoms with Crippen molar-refractivity contribution >= 4 is 11.6 Å². The normalized spacial score (nSPS) is 14.2. The third-order valence-corrected chi connectivity index (χ3v) is 4.67. The molecule has 0 saturated heterocycles. The summed E-state index contributed by atoms with van der Waals surface area (Å²) in [5.74, 6) is 1.90. The fraction of sp³-hybridized carbons (Fsp3) is 0.647. The SMILES string of the molecule is CCCOc1cc(C)c(Cl)c(C)c1C(C)C(C)CCN. The van der Waals surface area contributed by atoms with E-state index in [1.54, 1.807) is 0 Å². The summed E-state index contributed by atoms with van der Waals surface area (Å²) in [6, 6.07) is 2.08. The molecule has 0 fully saturated rings. The molecule has 0 aliphatic carbocycles. The van der Waals surface area contributed by atoms with Gasteiger partial charge in [-0.15, -0.1) is 0 Å². The Balaban J connectivity index is 3.22. The molecule has 0 spiro atoms. The Morgan fingerprint density at radius 3 is 2.50 bits per heavy atom. The average Bonchev–Trinajstić information content (AvgIpc) is 2.42. The molecule has 1 rings (SSSR count). The zero-order valence-electron chi connectivity index (χ0n) is 13.4. The smallest absolute Gasteiger partial charge is 0.123 e. The van der Waals surface area contributed by atoms with E-state index in [1.165, 1.54) is 5.56 Å². The molecule has 2 atom stereocenters. The minimum absolute atomic E-state index is 0.392. The van der Waals surface area contributed by atoms with E-state index in [4.69, 9.17) is 22.1 Å². The number of halogens is 1. The van der Waals surface area contributed by atoms with E-state index >= 15 is 0 Å². The van der Waals surface area contributed by atoms with Gasteiger partial charge in [0.2, 0.25) is 0 Å². The van der Waals surface area contributed by atoms with Gasteiger partial charge in [-0.2, -0.15) is 0 Å². The number of nitrogens with two attached hydrogens (primary N) is 1. The number of rotatable bonds is 7. The highest BCUT2D eigenvalue weighted by atomic mass is 35.5. The topological polar surface area (TPSA) is 35.2 Å². The lowest BCUT2D eigenvalue weighted by Gasteiger charge is -2.25. The lowest BCUT2D eigenvalue weighted by atomic mass is 9.83. The zero-order valence-corrected chi connectivity index (χ0v) is 14.2. The summed E-state index contributed by atoms with van der Waals surface area (Å²) in [4.78, 5) is 0. The summed E-state index contributed by atoms with van der Waals surface area (Å²) in [5, 5.41) is 0.857. The molecule has 0 aliphatic rings. The van der Waals surface area contributed by atoms with Crippen LogP contribution in [0.15, 0.2) is 6.07 Å². The standard InChI is InChI=1S/C17H28ClNO/c1-6-9-20-15-10-12(3)17(18)14(5)16(15)13(4)11(2)7-8-19/h10-11,13H,6-9,19H2,1-5H3. The molecular weight excluding hydrogens is 270 g/mol. The van der Waals surface area contributed by atoms with Crippen molar-refractivity contribution in [1.82, 2.24) is 0 Å². The molecule has 2 nitrogen and oxygen atoms in total. The van der Waals surface area contributed by atoms with Gasteiger partial charge < -0.3 is 10.5 Å². The maximum atomic E-state index is 6.43. The van der Waals surface area contributed by atoms with Gasteiger partial charge in [0.1, 0.15) is 5.75 Å². The molecule has 1 aromatic rings. The number of benzene rings is 1. The van der Waals surface area contributed by atoms with Crippen LogP contribution in [-0.4, -0.2) is 13.2 Å². The summed E-state index contributed by atoms with van der Waals surface area (Å²) >= 11 is 6.43. The Morgan fingerprint density at radius 1 is 1.30 bits per heavy atom. The van der Waals surface area contributed by atoms with Crippen LogP contribution >= 0.6 is 11.6 Å². The van der Waals surface area contributed by atoms with Gasteiger partial charge in [-0.25, -0.2) is 0 Å². The molecule has 0 bridgehead atoms. The summed E-state index contributed by atoms with van der Waals surface area (Å²) in [5.41, 5.74) is 9.17. The fourth-order valence-electron chi connectivity index (χ4n) is 2.63. The first-order valence-corrected chi connectivity index (χ1v) is 7.94. The van der Waals surface area contributed by atoms with Crippen molar-refractivity contribution in [3.05, 3.63) is 27.8 Å². The summed E-state index contributed by atoms with van der Waals surface area (Å²) < 4.78 is 5.96. The second-order valence-electron chi connectivity index (χ2n) is 5.74. The lowest BCUT2D eigenvalue weighted by molar-refractivity contribution is 0.307. The van der Waals surface area contributed by atoms with E-state index in [0.717, 1.165) is 47.9 Å². The quantitative estimate of drug-likeness (QED) is 0.782. The summed E-state index contributed by atoms with van der Waals surface area (Å²) in [7, 11) is 0. The molecule has 0 aromatic heterocycles. The minimum atomic E-state index is 0.392. The maximum Gasteiger partial charge on any atom is 0.123 e. The maximum absolute atomic E-state index is 6.43. The fourth-order valence-corrected chi connectivity index (χ4v) is 2.79. The second kappa shape index (κ2) is 7.90. The van der Waals surface area contributed by atoms with Gasteiger partial charge in [0.15, 0.2) is 0 Å². The number of hydrogen-bond acceptors (Lipinski definition) is 2. The lowest BCUT2D eigenvalue weighted by Crippen LogP contribution is -2.15. The van der Waals surface area contributed by atoms with Crippen LogP contribution in [0.5, 0.6) is 5.75 Å². The van der Waals surface area contributed by atoms with Crippen molar-refractivity contribution < 1.29 is 4.74 Å². The van der Waals surface area contributed by atoms with E-state index < -0.39 is 0 Å². The largest absolute Gasteiger partial charge is 0.493 e. The van der Waals surface area contributed by atoms with E-state index in [-0.39, 0.29) is 0 Å². The second-order valence-corrected chi connectivity index (χ2v) is 6.11. The molecule has 20 heavy (non-hydrogen) atoms. The predicted molar refractivity (Wildman–Crippen MR) is 88.0 cm³/mol. The number of hydrogen-bond donors (Lipinski definition) is 1. The molecule has 114 valence electrons. The average molecular weight is 298 g/mol. The Kier molecular flexibility index (Phi) is 6.84. The van der Waals surface area contributed by atoms with Gasteiger partial charge in [-0.05, 0) is 62.3 Å². The highest BCUT2D eigenvalue weighted by Crippen LogP contribution is 2.40. The molecule has 0 aliphatic heterocycles. The van der Waals surface area contributed by atoms with Gasteiger partial charge in [-0.1, -0.05) is 32.4 Å². The van der Waals surface area contributed by atoms with E-state index in [9.17, 15) is 0 Å². The molecular formula is C17H28ClNO. The molecule has 0 radical (unpaired) electrons. The van der Waals surface area contributed by atoms with E-state index in [0.29, 0.717) is 11.8 Å². The molecule has 0 heterocycles. The van der Waals surface area contributed by atoms with Crippen LogP contribution in [0, 0.1) is 19.8 Å². The first kappa shape index (κ1) is 17.3. The van der Waals surface area contributed by atoms with Crippen LogP contribution in [0.3, 0.4) is 0 Å². The van der Waals surface area contributed by atoms with Crippen LogP contribution in [0.1, 0.15) is 56.2 Å². The molecule has 0 amide bonds. The Morgan fingerprint density at radius 2 is 1.95 bits per heavy atom. The number of ether oxygens (including phenoxy) is 1. The van der Waals surface area contributed by atoms with E-state index in [2.05, 4.69) is 33.8 Å². The van der Waals surface area contributed by atoms with E-state index in [1.807, 2.05) is 6.92 Å². The molecule has 0 saturated carbocycles. The van der Waals surface area contributed by atoms with Crippen LogP contribution in [0.25, 0.3) is 0 Å². The molecule has 2 unspecified atom stereocenters. The first-order chi connectivity index (χ1) is 9.43. The highest BCUT2D eigenvalue weighted by Gasteiger charge is 2.22. The van der Waals surface area contributed by atoms with Crippen LogP contribution < -0.4 is 10.5 Å². The number of aryl methyl sites for hydroxylation is 1. The zero-order chi connectivity index (χ0) is 15.3. The van der Waals surface area contributed by atoms with Crippen molar-refractivity contribution in [1.29, 1.82) is 0 Å². The van der Waals surface area contributed by atoms with Crippen molar-refractivity contribution in [2.45, 2.75) is 53.4 Å².